The molecule has 1 fully saturated rings. The summed E-state index contributed by atoms with van der Waals surface area (Å²) in [6, 6.07) is 0.227. The normalized spacial score (nSPS) is 26.0. The minimum Gasteiger partial charge on any atom is -0.368 e. The second kappa shape index (κ2) is 5.32. The maximum Gasteiger partial charge on any atom is 0.234 e. The van der Waals surface area contributed by atoms with Crippen molar-refractivity contribution in [3.8, 4) is 0 Å². The third-order valence-corrected chi connectivity index (χ3v) is 3.08. The Labute approximate surface area is 85.6 Å². The van der Waals surface area contributed by atoms with Crippen molar-refractivity contribution in [1.82, 2.24) is 4.90 Å². The zero-order valence-corrected chi connectivity index (χ0v) is 8.91. The molecule has 4 N–H and O–H groups in total. The van der Waals surface area contributed by atoms with Crippen LogP contribution in [0.4, 0.5) is 0 Å². The number of nitrogens with zero attached hydrogens (tertiary/aromatic N) is 1. The van der Waals surface area contributed by atoms with Gasteiger partial charge in [0.05, 0.1) is 6.04 Å². The first-order valence-electron chi connectivity index (χ1n) is 5.45. The Hall–Kier alpha value is -0.610. The third-order valence-electron chi connectivity index (χ3n) is 3.08. The van der Waals surface area contributed by atoms with Crippen LogP contribution in [-0.4, -0.2) is 36.0 Å². The topological polar surface area (TPSA) is 72.3 Å². The summed E-state index contributed by atoms with van der Waals surface area (Å²) in [5.74, 6) is -0.198. The highest BCUT2D eigenvalue weighted by Crippen LogP contribution is 2.20. The molecule has 1 aliphatic heterocycles. The molecule has 0 aromatic heterocycles. The summed E-state index contributed by atoms with van der Waals surface area (Å²) in [6.45, 7) is 3.67. The van der Waals surface area contributed by atoms with Gasteiger partial charge in [0.25, 0.3) is 0 Å². The van der Waals surface area contributed by atoms with E-state index in [1.165, 1.54) is 0 Å². The van der Waals surface area contributed by atoms with Gasteiger partial charge in [0, 0.05) is 12.6 Å². The van der Waals surface area contributed by atoms with Gasteiger partial charge in [-0.25, -0.2) is 0 Å². The molecule has 2 unspecified atom stereocenters. The van der Waals surface area contributed by atoms with Crippen molar-refractivity contribution in [3.63, 3.8) is 0 Å². The molecule has 1 rings (SSSR count). The van der Waals surface area contributed by atoms with Crippen molar-refractivity contribution in [3.05, 3.63) is 0 Å². The van der Waals surface area contributed by atoms with Gasteiger partial charge in [-0.1, -0.05) is 13.3 Å². The van der Waals surface area contributed by atoms with Gasteiger partial charge in [0.1, 0.15) is 0 Å². The Morgan fingerprint density at radius 2 is 2.29 bits per heavy atom. The zero-order chi connectivity index (χ0) is 10.6. The Balaban J connectivity index is 2.65. The van der Waals surface area contributed by atoms with E-state index in [9.17, 15) is 4.79 Å². The van der Waals surface area contributed by atoms with Crippen LogP contribution in [0, 0.1) is 0 Å². The van der Waals surface area contributed by atoms with E-state index in [4.69, 9.17) is 11.5 Å². The van der Waals surface area contributed by atoms with E-state index in [0.717, 1.165) is 32.2 Å². The van der Waals surface area contributed by atoms with E-state index in [2.05, 4.69) is 11.8 Å². The summed E-state index contributed by atoms with van der Waals surface area (Å²) in [5, 5.41) is 0. The number of carbonyl (C=O) groups is 1. The Morgan fingerprint density at radius 3 is 2.79 bits per heavy atom. The quantitative estimate of drug-likeness (QED) is 0.672. The SMILES string of the molecule is CCC(CN)N1CCCCC1C(N)=O. The van der Waals surface area contributed by atoms with E-state index in [0.29, 0.717) is 12.6 Å². The summed E-state index contributed by atoms with van der Waals surface area (Å²) in [4.78, 5) is 13.4. The standard InChI is InChI=1S/C10H21N3O/c1-2-8(7-11)13-6-4-3-5-9(13)10(12)14/h8-9H,2-7,11H2,1H3,(H2,12,14). The van der Waals surface area contributed by atoms with Gasteiger partial charge in [0.2, 0.25) is 5.91 Å². The lowest BCUT2D eigenvalue weighted by atomic mass is 9.98. The van der Waals surface area contributed by atoms with Gasteiger partial charge in [-0.05, 0) is 25.8 Å². The van der Waals surface area contributed by atoms with E-state index >= 15 is 0 Å². The Kier molecular flexibility index (Phi) is 4.35. The van der Waals surface area contributed by atoms with Crippen LogP contribution in [0.3, 0.4) is 0 Å². The molecule has 14 heavy (non-hydrogen) atoms. The van der Waals surface area contributed by atoms with Gasteiger partial charge in [-0.3, -0.25) is 9.69 Å². The monoisotopic (exact) mass is 199 g/mol. The fraction of sp³-hybridized carbons (Fsp3) is 0.900. The second-order valence-corrected chi connectivity index (χ2v) is 3.95. The molecule has 82 valence electrons. The van der Waals surface area contributed by atoms with Crippen molar-refractivity contribution in [2.75, 3.05) is 13.1 Å². The number of amides is 1. The van der Waals surface area contributed by atoms with Crippen LogP contribution < -0.4 is 11.5 Å². The number of primary amides is 1. The van der Waals surface area contributed by atoms with E-state index < -0.39 is 0 Å². The number of likely N-dealkylation sites (tertiary alicyclic amines) is 1. The second-order valence-electron chi connectivity index (χ2n) is 3.95. The van der Waals surface area contributed by atoms with Crippen LogP contribution >= 0.6 is 0 Å². The average molecular weight is 199 g/mol. The fourth-order valence-electron chi connectivity index (χ4n) is 2.23. The highest BCUT2D eigenvalue weighted by Gasteiger charge is 2.30. The van der Waals surface area contributed by atoms with Crippen LogP contribution in [0.1, 0.15) is 32.6 Å². The van der Waals surface area contributed by atoms with Crippen molar-refractivity contribution in [2.45, 2.75) is 44.7 Å². The van der Waals surface area contributed by atoms with Gasteiger partial charge in [-0.2, -0.15) is 0 Å². The van der Waals surface area contributed by atoms with Crippen molar-refractivity contribution in [2.24, 2.45) is 11.5 Å². The lowest BCUT2D eigenvalue weighted by molar-refractivity contribution is -0.125. The van der Waals surface area contributed by atoms with Crippen LogP contribution in [0.2, 0.25) is 0 Å². The molecule has 1 aliphatic rings. The van der Waals surface area contributed by atoms with Crippen molar-refractivity contribution >= 4 is 5.91 Å². The molecule has 0 aromatic rings. The van der Waals surface area contributed by atoms with Crippen molar-refractivity contribution < 1.29 is 4.79 Å². The molecule has 4 heteroatoms. The van der Waals surface area contributed by atoms with Crippen molar-refractivity contribution in [1.29, 1.82) is 0 Å². The summed E-state index contributed by atoms with van der Waals surface area (Å²) < 4.78 is 0. The molecular formula is C10H21N3O. The molecule has 0 radical (unpaired) electrons. The highest BCUT2D eigenvalue weighted by atomic mass is 16.1. The first kappa shape index (κ1) is 11.5. The van der Waals surface area contributed by atoms with Crippen LogP contribution in [0.15, 0.2) is 0 Å². The lowest BCUT2D eigenvalue weighted by Crippen LogP contribution is -2.54. The zero-order valence-electron chi connectivity index (χ0n) is 8.91. The summed E-state index contributed by atoms with van der Waals surface area (Å²) >= 11 is 0. The first-order valence-corrected chi connectivity index (χ1v) is 5.45. The largest absolute Gasteiger partial charge is 0.368 e. The maximum atomic E-state index is 11.2. The summed E-state index contributed by atoms with van der Waals surface area (Å²) in [5.41, 5.74) is 11.1. The number of hydrogen-bond donors (Lipinski definition) is 2. The molecule has 0 aromatic carbocycles. The predicted molar refractivity (Wildman–Crippen MR) is 56.7 cm³/mol. The predicted octanol–water partition coefficient (Wildman–Crippen LogP) is 0.0635. The van der Waals surface area contributed by atoms with Crippen LogP contribution in [-0.2, 0) is 4.79 Å². The van der Waals surface area contributed by atoms with Gasteiger partial charge in [-0.15, -0.1) is 0 Å². The molecule has 0 aliphatic carbocycles. The summed E-state index contributed by atoms with van der Waals surface area (Å²) in [7, 11) is 0. The molecule has 0 spiro atoms. The first-order chi connectivity index (χ1) is 6.70. The number of piperidine rings is 1. The average Bonchev–Trinajstić information content (AvgIpc) is 2.20. The number of rotatable bonds is 4. The molecule has 1 heterocycles. The molecule has 1 saturated heterocycles. The minimum atomic E-state index is -0.198. The summed E-state index contributed by atoms with van der Waals surface area (Å²) in [6.07, 6.45) is 4.14. The minimum absolute atomic E-state index is 0.0859. The maximum absolute atomic E-state index is 11.2. The smallest absolute Gasteiger partial charge is 0.234 e. The Morgan fingerprint density at radius 1 is 1.57 bits per heavy atom. The highest BCUT2D eigenvalue weighted by molar-refractivity contribution is 5.80. The molecule has 0 bridgehead atoms. The van der Waals surface area contributed by atoms with Crippen LogP contribution in [0.25, 0.3) is 0 Å². The molecule has 1 amide bonds. The molecule has 2 atom stereocenters. The number of carbonyl (C=O) groups excluding carboxylic acids is 1. The lowest BCUT2D eigenvalue weighted by Gasteiger charge is -2.38. The van der Waals surface area contributed by atoms with Crippen LogP contribution in [0.5, 0.6) is 0 Å². The fourth-order valence-corrected chi connectivity index (χ4v) is 2.23. The molecular weight excluding hydrogens is 178 g/mol. The van der Waals surface area contributed by atoms with Gasteiger partial charge >= 0.3 is 0 Å². The van der Waals surface area contributed by atoms with Gasteiger partial charge < -0.3 is 11.5 Å². The molecule has 0 saturated carbocycles. The van der Waals surface area contributed by atoms with Gasteiger partial charge in [0.15, 0.2) is 0 Å². The number of nitrogens with two attached hydrogens (primary N) is 2. The molecule has 4 nitrogen and oxygen atoms in total. The third kappa shape index (κ3) is 2.45. The Bertz CT molecular complexity index is 192. The van der Waals surface area contributed by atoms with E-state index in [1.54, 1.807) is 0 Å². The number of hydrogen-bond acceptors (Lipinski definition) is 3. The van der Waals surface area contributed by atoms with E-state index in [-0.39, 0.29) is 11.9 Å². The van der Waals surface area contributed by atoms with E-state index in [1.807, 2.05) is 0 Å².